The highest BCUT2D eigenvalue weighted by molar-refractivity contribution is 5.93. The molecule has 0 aliphatic carbocycles. The van der Waals surface area contributed by atoms with Gasteiger partial charge in [0.2, 0.25) is 0 Å². The predicted molar refractivity (Wildman–Crippen MR) is 86.4 cm³/mol. The van der Waals surface area contributed by atoms with E-state index in [-0.39, 0.29) is 5.91 Å². The third-order valence-electron chi connectivity index (χ3n) is 4.03. The van der Waals surface area contributed by atoms with Crippen molar-refractivity contribution < 1.29 is 9.21 Å². The Morgan fingerprint density at radius 1 is 1.17 bits per heavy atom. The number of H-pyrrole nitrogens is 1. The molecule has 0 bridgehead atoms. The molecule has 1 saturated heterocycles. The summed E-state index contributed by atoms with van der Waals surface area (Å²) in [5.41, 5.74) is 1.09. The number of amides is 1. The van der Waals surface area contributed by atoms with Gasteiger partial charge in [0.15, 0.2) is 17.3 Å². The third kappa shape index (κ3) is 2.73. The van der Waals surface area contributed by atoms with E-state index in [1.807, 2.05) is 18.2 Å². The number of nitrogens with zero attached hydrogens (tertiary/aromatic N) is 5. The van der Waals surface area contributed by atoms with E-state index in [1.54, 1.807) is 29.5 Å². The number of piperazine rings is 1. The minimum absolute atomic E-state index is 0.0807. The summed E-state index contributed by atoms with van der Waals surface area (Å²) in [5.74, 6) is 1.42. The van der Waals surface area contributed by atoms with Crippen molar-refractivity contribution in [2.75, 3.05) is 31.1 Å². The Balaban J connectivity index is 1.41. The first-order valence-electron chi connectivity index (χ1n) is 7.72. The summed E-state index contributed by atoms with van der Waals surface area (Å²) in [6.07, 6.45) is 3.24. The normalized spacial score (nSPS) is 14.8. The summed E-state index contributed by atoms with van der Waals surface area (Å²) in [7, 11) is 0. The van der Waals surface area contributed by atoms with Crippen molar-refractivity contribution in [1.29, 1.82) is 0 Å². The van der Waals surface area contributed by atoms with Gasteiger partial charge in [0.25, 0.3) is 5.91 Å². The van der Waals surface area contributed by atoms with Crippen LogP contribution in [0.3, 0.4) is 0 Å². The van der Waals surface area contributed by atoms with E-state index >= 15 is 0 Å². The van der Waals surface area contributed by atoms with Crippen molar-refractivity contribution in [1.82, 2.24) is 25.3 Å². The van der Waals surface area contributed by atoms with Crippen LogP contribution in [0.15, 0.2) is 47.2 Å². The topological polar surface area (TPSA) is 91.2 Å². The number of nitrogens with one attached hydrogen (secondary N) is 1. The molecule has 4 rings (SSSR count). The van der Waals surface area contributed by atoms with Crippen LogP contribution in [0.2, 0.25) is 0 Å². The summed E-state index contributed by atoms with van der Waals surface area (Å²) in [6.45, 7) is 2.69. The highest BCUT2D eigenvalue weighted by atomic mass is 16.3. The molecule has 24 heavy (non-hydrogen) atoms. The lowest BCUT2D eigenvalue weighted by molar-refractivity contribution is 0.0740. The average Bonchev–Trinajstić information content (AvgIpc) is 3.33. The number of furan rings is 1. The van der Waals surface area contributed by atoms with Crippen molar-refractivity contribution in [3.05, 3.63) is 48.5 Å². The van der Waals surface area contributed by atoms with Gasteiger partial charge in [0, 0.05) is 38.4 Å². The zero-order chi connectivity index (χ0) is 16.4. The fraction of sp³-hybridized carbons (Fsp3) is 0.250. The maximum atomic E-state index is 12.6. The lowest BCUT2D eigenvalue weighted by Gasteiger charge is -2.34. The largest absolute Gasteiger partial charge is 0.463 e. The van der Waals surface area contributed by atoms with Crippen LogP contribution in [-0.2, 0) is 0 Å². The smallest absolute Gasteiger partial charge is 0.274 e. The Bertz CT molecular complexity index is 806. The van der Waals surface area contributed by atoms with Gasteiger partial charge in [0.1, 0.15) is 5.69 Å². The minimum atomic E-state index is -0.0807. The van der Waals surface area contributed by atoms with Gasteiger partial charge in [-0.25, -0.2) is 0 Å². The number of carbonyl (C=O) groups excluding carboxylic acids is 1. The quantitative estimate of drug-likeness (QED) is 0.783. The summed E-state index contributed by atoms with van der Waals surface area (Å²) in [4.78, 5) is 16.5. The van der Waals surface area contributed by atoms with Crippen LogP contribution in [0, 0.1) is 0 Å². The zero-order valence-electron chi connectivity index (χ0n) is 12.9. The lowest BCUT2D eigenvalue weighted by Crippen LogP contribution is -2.49. The van der Waals surface area contributed by atoms with Crippen LogP contribution in [-0.4, -0.2) is 57.4 Å². The predicted octanol–water partition coefficient (Wildman–Crippen LogP) is 1.42. The molecule has 122 valence electrons. The molecule has 1 aliphatic rings. The maximum Gasteiger partial charge on any atom is 0.274 e. The van der Waals surface area contributed by atoms with E-state index in [2.05, 4.69) is 25.3 Å². The molecule has 0 unspecified atom stereocenters. The van der Waals surface area contributed by atoms with E-state index in [0.717, 1.165) is 18.9 Å². The van der Waals surface area contributed by atoms with Gasteiger partial charge in [-0.3, -0.25) is 9.89 Å². The molecule has 4 heterocycles. The molecule has 0 atom stereocenters. The Hall–Kier alpha value is -3.16. The van der Waals surface area contributed by atoms with E-state index in [4.69, 9.17) is 4.42 Å². The summed E-state index contributed by atoms with van der Waals surface area (Å²) >= 11 is 0. The van der Waals surface area contributed by atoms with Crippen molar-refractivity contribution >= 4 is 11.7 Å². The molecule has 0 aromatic carbocycles. The van der Waals surface area contributed by atoms with Gasteiger partial charge in [-0.05, 0) is 24.3 Å². The highest BCUT2D eigenvalue weighted by Gasteiger charge is 2.24. The van der Waals surface area contributed by atoms with Crippen molar-refractivity contribution in [3.8, 4) is 11.5 Å². The zero-order valence-corrected chi connectivity index (χ0v) is 12.9. The molecule has 1 aliphatic heterocycles. The van der Waals surface area contributed by atoms with Gasteiger partial charge in [0.05, 0.1) is 6.26 Å². The van der Waals surface area contributed by atoms with Crippen molar-refractivity contribution in [2.24, 2.45) is 0 Å². The van der Waals surface area contributed by atoms with Gasteiger partial charge in [-0.1, -0.05) is 0 Å². The minimum Gasteiger partial charge on any atom is -0.463 e. The molecule has 8 heteroatoms. The van der Waals surface area contributed by atoms with Crippen molar-refractivity contribution in [3.63, 3.8) is 0 Å². The van der Waals surface area contributed by atoms with E-state index in [0.29, 0.717) is 30.2 Å². The fourth-order valence-electron chi connectivity index (χ4n) is 2.75. The Morgan fingerprint density at radius 3 is 2.75 bits per heavy atom. The third-order valence-corrected chi connectivity index (χ3v) is 4.03. The molecule has 1 N–H and O–H groups in total. The molecule has 0 spiro atoms. The standard InChI is InChI=1S/C16H16N6O2/c23-16(13-11-12(18-19-13)14-3-2-10-24-14)22-8-6-21(7-9-22)15-4-1-5-17-20-15/h1-5,10-11H,6-9H2,(H,18,19). The number of rotatable bonds is 3. The second kappa shape index (κ2) is 6.15. The van der Waals surface area contributed by atoms with Crippen LogP contribution in [0.5, 0.6) is 0 Å². The Kier molecular flexibility index (Phi) is 3.70. The van der Waals surface area contributed by atoms with Crippen LogP contribution >= 0.6 is 0 Å². The van der Waals surface area contributed by atoms with Gasteiger partial charge >= 0.3 is 0 Å². The maximum absolute atomic E-state index is 12.6. The summed E-state index contributed by atoms with van der Waals surface area (Å²) < 4.78 is 5.31. The van der Waals surface area contributed by atoms with Crippen LogP contribution < -0.4 is 4.90 Å². The molecule has 3 aromatic heterocycles. The molecule has 0 radical (unpaired) electrons. The van der Waals surface area contributed by atoms with E-state index in [9.17, 15) is 4.79 Å². The first-order valence-corrected chi connectivity index (χ1v) is 7.72. The summed E-state index contributed by atoms with van der Waals surface area (Å²) in [5, 5.41) is 15.0. The number of aromatic nitrogens is 4. The molecular weight excluding hydrogens is 308 g/mol. The van der Waals surface area contributed by atoms with E-state index < -0.39 is 0 Å². The highest BCUT2D eigenvalue weighted by Crippen LogP contribution is 2.19. The second-order valence-corrected chi connectivity index (χ2v) is 5.51. The molecule has 8 nitrogen and oxygen atoms in total. The van der Waals surface area contributed by atoms with Crippen LogP contribution in [0.1, 0.15) is 10.5 Å². The van der Waals surface area contributed by atoms with Gasteiger partial charge in [-0.15, -0.1) is 5.10 Å². The fourth-order valence-corrected chi connectivity index (χ4v) is 2.75. The van der Waals surface area contributed by atoms with E-state index in [1.165, 1.54) is 0 Å². The number of aromatic amines is 1. The number of hydrogen-bond donors (Lipinski definition) is 1. The first kappa shape index (κ1) is 14.4. The number of carbonyl (C=O) groups is 1. The summed E-state index contributed by atoms with van der Waals surface area (Å²) in [6, 6.07) is 9.12. The number of hydrogen-bond acceptors (Lipinski definition) is 6. The second-order valence-electron chi connectivity index (χ2n) is 5.51. The SMILES string of the molecule is O=C(c1cc(-c2ccco2)[nH]n1)N1CCN(c2cccnn2)CC1. The average molecular weight is 324 g/mol. The van der Waals surface area contributed by atoms with Crippen molar-refractivity contribution in [2.45, 2.75) is 0 Å². The monoisotopic (exact) mass is 324 g/mol. The Morgan fingerprint density at radius 2 is 2.04 bits per heavy atom. The Labute approximate surface area is 138 Å². The van der Waals surface area contributed by atoms with Crippen LogP contribution in [0.4, 0.5) is 5.82 Å². The molecule has 1 fully saturated rings. The number of anilines is 1. The first-order chi connectivity index (χ1) is 11.8. The molecular formula is C16H16N6O2. The lowest BCUT2D eigenvalue weighted by atomic mass is 10.2. The molecule has 1 amide bonds. The molecule has 3 aromatic rings. The molecule has 0 saturated carbocycles. The van der Waals surface area contributed by atoms with Gasteiger partial charge < -0.3 is 14.2 Å². The van der Waals surface area contributed by atoms with Crippen LogP contribution in [0.25, 0.3) is 11.5 Å². The van der Waals surface area contributed by atoms with Gasteiger partial charge in [-0.2, -0.15) is 10.2 Å².